The van der Waals surface area contributed by atoms with Gasteiger partial charge < -0.3 is 18.8 Å². The van der Waals surface area contributed by atoms with Crippen molar-refractivity contribution in [2.45, 2.75) is 25.5 Å². The highest BCUT2D eigenvalue weighted by Crippen LogP contribution is 2.34. The van der Waals surface area contributed by atoms with E-state index in [1.54, 1.807) is 0 Å². The van der Waals surface area contributed by atoms with Gasteiger partial charge in [-0.2, -0.15) is 0 Å². The lowest BCUT2D eigenvalue weighted by Gasteiger charge is -2.34. The molecule has 1 aromatic heterocycles. The van der Waals surface area contributed by atoms with Crippen LogP contribution >= 0.6 is 11.8 Å². The molecule has 0 N–H and O–H groups in total. The van der Waals surface area contributed by atoms with Crippen LogP contribution in [0.3, 0.4) is 0 Å². The number of ether oxygens (including phenoxy) is 2. The fourth-order valence-electron chi connectivity index (χ4n) is 3.64. The number of thioether (sulfide) groups is 1. The van der Waals surface area contributed by atoms with Gasteiger partial charge in [0.25, 0.3) is 5.22 Å². The highest BCUT2D eigenvalue weighted by molar-refractivity contribution is 7.99. The first kappa shape index (κ1) is 18.2. The van der Waals surface area contributed by atoms with Gasteiger partial charge in [-0.25, -0.2) is 0 Å². The van der Waals surface area contributed by atoms with E-state index in [0.29, 0.717) is 47.7 Å². The molecule has 1 saturated heterocycles. The third kappa shape index (κ3) is 4.21. The van der Waals surface area contributed by atoms with Crippen LogP contribution < -0.4 is 9.47 Å². The molecule has 144 valence electrons. The van der Waals surface area contributed by atoms with Crippen molar-refractivity contribution >= 4 is 17.7 Å². The maximum Gasteiger partial charge on any atom is 0.277 e. The highest BCUT2D eigenvalue weighted by atomic mass is 32.2. The van der Waals surface area contributed by atoms with E-state index < -0.39 is 0 Å². The van der Waals surface area contributed by atoms with Gasteiger partial charge in [0.15, 0.2) is 11.5 Å². The van der Waals surface area contributed by atoms with E-state index in [9.17, 15) is 4.79 Å². The van der Waals surface area contributed by atoms with Gasteiger partial charge in [-0.05, 0) is 36.5 Å². The average molecular weight is 389 g/mol. The van der Waals surface area contributed by atoms with Crippen LogP contribution in [0.15, 0.2) is 27.8 Å². The molecule has 4 rings (SSSR count). The third-order valence-electron chi connectivity index (χ3n) is 4.74. The van der Waals surface area contributed by atoms with Crippen LogP contribution in [0.4, 0.5) is 0 Å². The fourth-order valence-corrected chi connectivity index (χ4v) is 4.31. The molecule has 1 fully saturated rings. The van der Waals surface area contributed by atoms with Gasteiger partial charge in [-0.3, -0.25) is 4.79 Å². The van der Waals surface area contributed by atoms with E-state index in [0.717, 1.165) is 24.4 Å². The molecule has 2 aliphatic rings. The molecule has 0 unspecified atom stereocenters. The van der Waals surface area contributed by atoms with Crippen molar-refractivity contribution in [1.29, 1.82) is 0 Å². The summed E-state index contributed by atoms with van der Waals surface area (Å²) >= 11 is 1.28. The lowest BCUT2D eigenvalue weighted by molar-refractivity contribution is -0.130. The number of aromatic nitrogens is 2. The number of hydrogen-bond donors (Lipinski definition) is 0. The summed E-state index contributed by atoms with van der Waals surface area (Å²) < 4.78 is 16.8. The standard InChI is InChI=1S/C19H23N3O4S/c1-12-7-13(2)10-22(9-12)17(23)11-27-19-21-20-18(26-19)14-3-4-15-16(8-14)25-6-5-24-15/h3-4,8,12-13H,5-7,9-11H2,1-2H3/t12-,13-/m0/s1. The highest BCUT2D eigenvalue weighted by Gasteiger charge is 2.25. The van der Waals surface area contributed by atoms with Crippen LogP contribution in [-0.2, 0) is 4.79 Å². The van der Waals surface area contributed by atoms with E-state index >= 15 is 0 Å². The quantitative estimate of drug-likeness (QED) is 0.744. The molecule has 2 aromatic rings. The van der Waals surface area contributed by atoms with Gasteiger partial charge in [0.1, 0.15) is 13.2 Å². The SMILES string of the molecule is C[C@H]1C[C@H](C)CN(C(=O)CSc2nnc(-c3ccc4c(c3)OCCO4)o2)C1. The number of rotatable bonds is 4. The topological polar surface area (TPSA) is 77.7 Å². The van der Waals surface area contributed by atoms with E-state index in [4.69, 9.17) is 13.9 Å². The number of carbonyl (C=O) groups excluding carboxylic acids is 1. The van der Waals surface area contributed by atoms with Gasteiger partial charge in [0.05, 0.1) is 5.75 Å². The largest absolute Gasteiger partial charge is 0.486 e. The van der Waals surface area contributed by atoms with Crippen LogP contribution in [0.2, 0.25) is 0 Å². The number of likely N-dealkylation sites (tertiary alicyclic amines) is 1. The molecule has 8 heteroatoms. The number of piperidine rings is 1. The van der Waals surface area contributed by atoms with Crippen molar-refractivity contribution in [3.05, 3.63) is 18.2 Å². The number of hydrogen-bond acceptors (Lipinski definition) is 7. The Balaban J connectivity index is 1.38. The zero-order valence-corrected chi connectivity index (χ0v) is 16.3. The van der Waals surface area contributed by atoms with Gasteiger partial charge in [-0.15, -0.1) is 10.2 Å². The zero-order chi connectivity index (χ0) is 18.8. The van der Waals surface area contributed by atoms with Crippen LogP contribution in [0.25, 0.3) is 11.5 Å². The maximum absolute atomic E-state index is 12.5. The molecular weight excluding hydrogens is 366 g/mol. The minimum atomic E-state index is 0.123. The molecule has 7 nitrogen and oxygen atoms in total. The second-order valence-electron chi connectivity index (χ2n) is 7.27. The van der Waals surface area contributed by atoms with Crippen LogP contribution in [-0.4, -0.2) is 53.1 Å². The second kappa shape index (κ2) is 7.80. The molecule has 1 aromatic carbocycles. The summed E-state index contributed by atoms with van der Waals surface area (Å²) in [6.45, 7) is 7.13. The molecule has 27 heavy (non-hydrogen) atoms. The monoisotopic (exact) mass is 389 g/mol. The summed E-state index contributed by atoms with van der Waals surface area (Å²) in [5.41, 5.74) is 0.767. The Kier molecular flexibility index (Phi) is 5.24. The summed E-state index contributed by atoms with van der Waals surface area (Å²) in [7, 11) is 0. The molecule has 0 radical (unpaired) electrons. The first-order valence-electron chi connectivity index (χ1n) is 9.22. The van der Waals surface area contributed by atoms with Crippen molar-refractivity contribution in [1.82, 2.24) is 15.1 Å². The fraction of sp³-hybridized carbons (Fsp3) is 0.526. The van der Waals surface area contributed by atoms with Gasteiger partial charge in [0, 0.05) is 18.7 Å². The molecule has 2 atom stereocenters. The number of fused-ring (bicyclic) bond motifs is 1. The summed E-state index contributed by atoms with van der Waals surface area (Å²) in [6, 6.07) is 5.53. The van der Waals surface area contributed by atoms with E-state index in [1.165, 1.54) is 18.2 Å². The van der Waals surface area contributed by atoms with Crippen molar-refractivity contribution < 1.29 is 18.7 Å². The smallest absolute Gasteiger partial charge is 0.277 e. The number of benzene rings is 1. The first-order valence-corrected chi connectivity index (χ1v) is 10.2. The number of carbonyl (C=O) groups is 1. The normalized spacial score (nSPS) is 21.9. The van der Waals surface area contributed by atoms with Crippen LogP contribution in [0.1, 0.15) is 20.3 Å². The lowest BCUT2D eigenvalue weighted by Crippen LogP contribution is -2.43. The predicted octanol–water partition coefficient (Wildman–Crippen LogP) is 3.10. The molecule has 3 heterocycles. The Morgan fingerprint density at radius 2 is 1.89 bits per heavy atom. The van der Waals surface area contributed by atoms with Crippen molar-refractivity contribution in [3.8, 4) is 23.0 Å². The average Bonchev–Trinajstić information content (AvgIpc) is 3.14. The minimum absolute atomic E-state index is 0.123. The van der Waals surface area contributed by atoms with Crippen molar-refractivity contribution in [2.24, 2.45) is 11.8 Å². The Labute approximate surface area is 162 Å². The minimum Gasteiger partial charge on any atom is -0.486 e. The third-order valence-corrected chi connectivity index (χ3v) is 5.54. The van der Waals surface area contributed by atoms with E-state index in [-0.39, 0.29) is 5.91 Å². The summed E-state index contributed by atoms with van der Waals surface area (Å²) in [4.78, 5) is 14.4. The van der Waals surface area contributed by atoms with E-state index in [1.807, 2.05) is 23.1 Å². The molecule has 0 bridgehead atoms. The Morgan fingerprint density at radius 3 is 2.67 bits per heavy atom. The summed E-state index contributed by atoms with van der Waals surface area (Å²) in [5.74, 6) is 3.33. The lowest BCUT2D eigenvalue weighted by atomic mass is 9.92. The summed E-state index contributed by atoms with van der Waals surface area (Å²) in [6.07, 6.45) is 1.18. The summed E-state index contributed by atoms with van der Waals surface area (Å²) in [5, 5.41) is 8.54. The van der Waals surface area contributed by atoms with Crippen LogP contribution in [0, 0.1) is 11.8 Å². The maximum atomic E-state index is 12.5. The van der Waals surface area contributed by atoms with Gasteiger partial charge in [0.2, 0.25) is 11.8 Å². The first-order chi connectivity index (χ1) is 13.1. The Morgan fingerprint density at radius 1 is 1.15 bits per heavy atom. The molecule has 0 saturated carbocycles. The molecule has 2 aliphatic heterocycles. The zero-order valence-electron chi connectivity index (χ0n) is 15.5. The second-order valence-corrected chi connectivity index (χ2v) is 8.19. The van der Waals surface area contributed by atoms with Gasteiger partial charge >= 0.3 is 0 Å². The number of nitrogens with zero attached hydrogens (tertiary/aromatic N) is 3. The van der Waals surface area contributed by atoms with Crippen LogP contribution in [0.5, 0.6) is 11.5 Å². The molecule has 0 spiro atoms. The molecule has 1 amide bonds. The van der Waals surface area contributed by atoms with E-state index in [2.05, 4.69) is 24.0 Å². The Hall–Kier alpha value is -2.22. The van der Waals surface area contributed by atoms with Crippen molar-refractivity contribution in [3.63, 3.8) is 0 Å². The van der Waals surface area contributed by atoms with Gasteiger partial charge in [-0.1, -0.05) is 25.6 Å². The molecule has 0 aliphatic carbocycles. The molecular formula is C19H23N3O4S. The predicted molar refractivity (Wildman–Crippen MR) is 101 cm³/mol. The Bertz CT molecular complexity index is 815. The van der Waals surface area contributed by atoms with Crippen molar-refractivity contribution in [2.75, 3.05) is 32.1 Å². The number of amides is 1.